The number of aliphatic imine (C=N–C) groups is 1. The normalized spacial score (nSPS) is 24.1. The first-order valence-electron chi connectivity index (χ1n) is 7.59. The molecule has 2 heterocycles. The Morgan fingerprint density at radius 2 is 2.25 bits per heavy atom. The van der Waals surface area contributed by atoms with Gasteiger partial charge in [0.05, 0.1) is 17.5 Å². The zero-order chi connectivity index (χ0) is 17.3. The molecule has 0 spiro atoms. The van der Waals surface area contributed by atoms with E-state index in [0.717, 1.165) is 11.3 Å². The van der Waals surface area contributed by atoms with Crippen LogP contribution in [0.4, 0.5) is 5.69 Å². The minimum Gasteiger partial charge on any atom is -0.349 e. The minimum atomic E-state index is -2.95. The van der Waals surface area contributed by atoms with Crippen LogP contribution in [0.2, 0.25) is 0 Å². The largest absolute Gasteiger partial charge is 0.349 e. The number of hydrogen-bond acceptors (Lipinski definition) is 6. The summed E-state index contributed by atoms with van der Waals surface area (Å²) in [5, 5.41) is 6.69. The molecule has 128 valence electrons. The lowest BCUT2D eigenvalue weighted by molar-refractivity contribution is 0.0958. The molecule has 1 aromatic carbocycles. The van der Waals surface area contributed by atoms with Gasteiger partial charge < -0.3 is 10.6 Å². The topological polar surface area (TPSA) is 87.6 Å². The molecule has 2 aliphatic rings. The van der Waals surface area contributed by atoms with Crippen LogP contribution in [-0.4, -0.2) is 48.8 Å². The number of nitrogens with one attached hydrogen (secondary N) is 2. The third kappa shape index (κ3) is 3.64. The SMILES string of the molecule is C=CCNC(=O)c1ccc(C)c(NC2=N[C@@H]3CS(=O)(=O)C[C@H]3S2)c1. The number of carbonyl (C=O) groups excluding carboxylic acids is 1. The summed E-state index contributed by atoms with van der Waals surface area (Å²) < 4.78 is 23.2. The molecule has 1 aromatic rings. The lowest BCUT2D eigenvalue weighted by atomic mass is 10.1. The van der Waals surface area contributed by atoms with Crippen LogP contribution in [0.5, 0.6) is 0 Å². The fourth-order valence-electron chi connectivity index (χ4n) is 2.70. The van der Waals surface area contributed by atoms with Crippen molar-refractivity contribution in [3.63, 3.8) is 0 Å². The van der Waals surface area contributed by atoms with Crippen LogP contribution in [-0.2, 0) is 9.84 Å². The number of sulfone groups is 1. The lowest BCUT2D eigenvalue weighted by Crippen LogP contribution is -2.23. The Hall–Kier alpha value is -1.80. The average Bonchev–Trinajstić information content (AvgIpc) is 2.99. The molecular weight excluding hydrogens is 346 g/mol. The molecule has 24 heavy (non-hydrogen) atoms. The number of carbonyl (C=O) groups is 1. The van der Waals surface area contributed by atoms with Gasteiger partial charge in [-0.15, -0.1) is 6.58 Å². The number of amides is 1. The van der Waals surface area contributed by atoms with E-state index >= 15 is 0 Å². The number of fused-ring (bicyclic) bond motifs is 1. The van der Waals surface area contributed by atoms with Crippen molar-refractivity contribution in [2.45, 2.75) is 18.2 Å². The van der Waals surface area contributed by atoms with Crippen molar-refractivity contribution in [2.75, 3.05) is 23.4 Å². The zero-order valence-corrected chi connectivity index (χ0v) is 14.9. The summed E-state index contributed by atoms with van der Waals surface area (Å²) in [7, 11) is -2.95. The van der Waals surface area contributed by atoms with Crippen molar-refractivity contribution in [3.8, 4) is 0 Å². The molecular formula is C16H19N3O3S2. The first kappa shape index (κ1) is 17.0. The van der Waals surface area contributed by atoms with E-state index in [1.165, 1.54) is 11.8 Å². The quantitative estimate of drug-likeness (QED) is 0.791. The highest BCUT2D eigenvalue weighted by atomic mass is 32.2. The summed E-state index contributed by atoms with van der Waals surface area (Å²) in [6.45, 7) is 5.93. The predicted octanol–water partition coefficient (Wildman–Crippen LogP) is 1.59. The maximum atomic E-state index is 12.0. The van der Waals surface area contributed by atoms with Crippen molar-refractivity contribution in [1.82, 2.24) is 5.32 Å². The van der Waals surface area contributed by atoms with E-state index in [9.17, 15) is 13.2 Å². The number of nitrogens with zero attached hydrogens (tertiary/aromatic N) is 1. The summed E-state index contributed by atoms with van der Waals surface area (Å²) in [5.74, 6) is 0.140. The van der Waals surface area contributed by atoms with Gasteiger partial charge in [0.2, 0.25) is 0 Å². The summed E-state index contributed by atoms with van der Waals surface area (Å²) >= 11 is 1.46. The monoisotopic (exact) mass is 365 g/mol. The van der Waals surface area contributed by atoms with E-state index < -0.39 is 9.84 Å². The molecule has 2 atom stereocenters. The van der Waals surface area contributed by atoms with Crippen molar-refractivity contribution in [2.24, 2.45) is 4.99 Å². The number of benzene rings is 1. The van der Waals surface area contributed by atoms with Crippen LogP contribution in [0.15, 0.2) is 35.8 Å². The Morgan fingerprint density at radius 1 is 1.46 bits per heavy atom. The lowest BCUT2D eigenvalue weighted by Gasteiger charge is -2.11. The van der Waals surface area contributed by atoms with E-state index in [1.54, 1.807) is 18.2 Å². The second-order valence-electron chi connectivity index (χ2n) is 5.89. The summed E-state index contributed by atoms with van der Waals surface area (Å²) in [6.07, 6.45) is 1.63. The molecule has 6 nitrogen and oxygen atoms in total. The molecule has 1 fully saturated rings. The van der Waals surface area contributed by atoms with Gasteiger partial charge >= 0.3 is 0 Å². The van der Waals surface area contributed by atoms with Crippen molar-refractivity contribution < 1.29 is 13.2 Å². The van der Waals surface area contributed by atoms with E-state index in [4.69, 9.17) is 0 Å². The number of anilines is 1. The fourth-order valence-corrected chi connectivity index (χ4v) is 6.36. The van der Waals surface area contributed by atoms with Crippen LogP contribution in [0, 0.1) is 6.92 Å². The van der Waals surface area contributed by atoms with Crippen LogP contribution in [0.25, 0.3) is 0 Å². The van der Waals surface area contributed by atoms with Crippen LogP contribution in [0.3, 0.4) is 0 Å². The molecule has 0 aromatic heterocycles. The van der Waals surface area contributed by atoms with Gasteiger partial charge in [0.1, 0.15) is 0 Å². The molecule has 0 saturated carbocycles. The van der Waals surface area contributed by atoms with Gasteiger partial charge in [-0.1, -0.05) is 23.9 Å². The molecule has 1 saturated heterocycles. The van der Waals surface area contributed by atoms with E-state index in [2.05, 4.69) is 22.2 Å². The molecule has 1 amide bonds. The van der Waals surface area contributed by atoms with Gasteiger partial charge in [-0.2, -0.15) is 0 Å². The van der Waals surface area contributed by atoms with E-state index in [-0.39, 0.29) is 28.7 Å². The fraction of sp³-hybridized carbons (Fsp3) is 0.375. The molecule has 0 radical (unpaired) electrons. The number of hydrogen-bond donors (Lipinski definition) is 2. The Morgan fingerprint density at radius 3 is 2.96 bits per heavy atom. The van der Waals surface area contributed by atoms with Crippen molar-refractivity contribution >= 4 is 38.4 Å². The first-order chi connectivity index (χ1) is 11.4. The Bertz CT molecular complexity index is 818. The smallest absolute Gasteiger partial charge is 0.251 e. The highest BCUT2D eigenvalue weighted by Gasteiger charge is 2.42. The van der Waals surface area contributed by atoms with Crippen LogP contribution < -0.4 is 10.6 Å². The molecule has 8 heteroatoms. The summed E-state index contributed by atoms with van der Waals surface area (Å²) in [4.78, 5) is 16.5. The minimum absolute atomic E-state index is 0.00289. The zero-order valence-electron chi connectivity index (χ0n) is 13.3. The van der Waals surface area contributed by atoms with Crippen molar-refractivity contribution in [3.05, 3.63) is 42.0 Å². The van der Waals surface area contributed by atoms with E-state index in [0.29, 0.717) is 17.3 Å². The number of rotatable bonds is 4. The average molecular weight is 365 g/mol. The highest BCUT2D eigenvalue weighted by molar-refractivity contribution is 8.15. The Kier molecular flexibility index (Phi) is 4.69. The summed E-state index contributed by atoms with van der Waals surface area (Å²) in [6, 6.07) is 5.25. The second-order valence-corrected chi connectivity index (χ2v) is 9.27. The predicted molar refractivity (Wildman–Crippen MR) is 98.6 cm³/mol. The standard InChI is InChI=1S/C16H19N3O3S2/c1-3-6-17-15(20)11-5-4-10(2)12(7-11)18-16-19-13-8-24(21,22)9-14(13)23-16/h3-5,7,13-14H,1,6,8-9H2,2H3,(H,17,20)(H,18,19)/t13-,14-/m1/s1. The Balaban J connectivity index is 1.74. The Labute approximate surface area is 145 Å². The maximum Gasteiger partial charge on any atom is 0.251 e. The van der Waals surface area contributed by atoms with Gasteiger partial charge in [0.25, 0.3) is 5.91 Å². The van der Waals surface area contributed by atoms with Crippen LogP contribution >= 0.6 is 11.8 Å². The summed E-state index contributed by atoms with van der Waals surface area (Å²) in [5.41, 5.74) is 2.34. The maximum absolute atomic E-state index is 12.0. The molecule has 0 unspecified atom stereocenters. The van der Waals surface area contributed by atoms with Gasteiger partial charge in [-0.05, 0) is 24.6 Å². The third-order valence-electron chi connectivity index (χ3n) is 3.97. The van der Waals surface area contributed by atoms with Crippen molar-refractivity contribution in [1.29, 1.82) is 0 Å². The van der Waals surface area contributed by atoms with Crippen LogP contribution in [0.1, 0.15) is 15.9 Å². The molecule has 0 aliphatic carbocycles. The molecule has 3 rings (SSSR count). The number of aryl methyl sites for hydroxylation is 1. The van der Waals surface area contributed by atoms with Gasteiger partial charge in [-0.25, -0.2) is 8.42 Å². The van der Waals surface area contributed by atoms with Gasteiger partial charge in [0, 0.05) is 23.0 Å². The van der Waals surface area contributed by atoms with Gasteiger partial charge in [0.15, 0.2) is 15.0 Å². The molecule has 0 bridgehead atoms. The third-order valence-corrected chi connectivity index (χ3v) is 7.11. The number of thioether (sulfide) groups is 1. The van der Waals surface area contributed by atoms with Gasteiger partial charge in [-0.3, -0.25) is 9.79 Å². The highest BCUT2D eigenvalue weighted by Crippen LogP contribution is 2.35. The second kappa shape index (κ2) is 6.60. The van der Waals surface area contributed by atoms with E-state index in [1.807, 2.05) is 13.0 Å². The molecule has 2 aliphatic heterocycles. The number of amidine groups is 1. The first-order valence-corrected chi connectivity index (χ1v) is 10.3. The molecule has 2 N–H and O–H groups in total.